The number of anilines is 4. The number of nitrogens with two attached hydrogens (primary N) is 4. The van der Waals surface area contributed by atoms with Crippen LogP contribution in [0.25, 0.3) is 22.3 Å². The fourth-order valence-corrected chi connectivity index (χ4v) is 7.99. The molecule has 2 fully saturated rings. The molecule has 4 aromatic heterocycles. The van der Waals surface area contributed by atoms with Gasteiger partial charge in [0.25, 0.3) is 0 Å². The lowest BCUT2D eigenvalue weighted by atomic mass is 10.1. The molecule has 10 atom stereocenters. The predicted octanol–water partition coefficient (Wildman–Crippen LogP) is -4.44. The molecule has 2 unspecified atom stereocenters. The van der Waals surface area contributed by atoms with Gasteiger partial charge < -0.3 is 77.5 Å². The highest BCUT2D eigenvalue weighted by molar-refractivity contribution is 7.66. The van der Waals surface area contributed by atoms with Gasteiger partial charge in [0.05, 0.1) is 25.9 Å². The summed E-state index contributed by atoms with van der Waals surface area (Å²) in [4.78, 5) is 59.0. The smallest absolute Gasteiger partial charge is 0.394 e. The summed E-state index contributed by atoms with van der Waals surface area (Å²) in [5, 5.41) is 49.3. The van der Waals surface area contributed by atoms with Gasteiger partial charge in [-0.3, -0.25) is 13.7 Å². The molecular weight excluding hydrogens is 773 g/mol. The third-order valence-corrected chi connectivity index (χ3v) is 11.0. The summed E-state index contributed by atoms with van der Waals surface area (Å²) in [5.74, 6) is -0.209. The van der Waals surface area contributed by atoms with Crippen molar-refractivity contribution in [1.29, 1.82) is 0 Å². The normalized spacial score (nSPS) is 28.8. The molecule has 0 aromatic carbocycles. The number of imidazole rings is 2. The summed E-state index contributed by atoms with van der Waals surface area (Å²) in [5.41, 5.74) is 23.2. The average molecular weight is 804 g/mol. The van der Waals surface area contributed by atoms with Crippen LogP contribution >= 0.6 is 23.5 Å². The van der Waals surface area contributed by atoms with Crippen molar-refractivity contribution in [2.75, 3.05) is 36.1 Å². The van der Waals surface area contributed by atoms with E-state index in [0.29, 0.717) is 5.52 Å². The van der Waals surface area contributed by atoms with E-state index in [4.69, 9.17) is 52.2 Å². The zero-order valence-corrected chi connectivity index (χ0v) is 28.4. The first-order valence-corrected chi connectivity index (χ1v) is 18.6. The fourth-order valence-electron chi connectivity index (χ4n) is 4.96. The molecule has 4 aromatic rings. The van der Waals surface area contributed by atoms with Crippen LogP contribution in [0.1, 0.15) is 12.5 Å². The number of fused-ring (bicyclic) bond motifs is 2. The van der Waals surface area contributed by atoms with Crippen molar-refractivity contribution in [3.05, 3.63) is 12.7 Å². The van der Waals surface area contributed by atoms with Crippen molar-refractivity contribution < 1.29 is 81.4 Å². The minimum Gasteiger partial charge on any atom is -0.394 e. The van der Waals surface area contributed by atoms with Gasteiger partial charge in [0.2, 0.25) is 11.9 Å². The number of aliphatic hydroxyl groups is 5. The number of hydrogen-bond acceptors (Lipinski definition) is 23. The summed E-state index contributed by atoms with van der Waals surface area (Å²) in [7, 11) is -16.7. The van der Waals surface area contributed by atoms with Gasteiger partial charge in [-0.1, -0.05) is 0 Å². The van der Waals surface area contributed by atoms with E-state index in [9.17, 15) is 39.0 Å². The molecule has 2 saturated heterocycles. The lowest BCUT2D eigenvalue weighted by Crippen LogP contribution is -2.33. The number of phosphoric ester groups is 1. The van der Waals surface area contributed by atoms with Crippen LogP contribution in [-0.4, -0.2) is 134 Å². The number of ether oxygens (including phenoxy) is 2. The molecule has 288 valence electrons. The fraction of sp³-hybridized carbons (Fsp3) is 0.500. The zero-order valence-electron chi connectivity index (χ0n) is 25.7. The number of nitrogens with zero attached hydrogens (tertiary/aromatic N) is 8. The topological polar surface area (TPSA) is 471 Å². The molecule has 32 heteroatoms. The Morgan fingerprint density at radius 2 is 1.12 bits per heavy atom. The Hall–Kier alpha value is -3.57. The standard InChI is InChI=1S/C10H17N6O13P3.C10H14N6O4/c11-7-4-8(15-10(12)14-7)16(2-13-4)9-6(18)5(17)3(27-9)1-26-31(22,23)29-32(24,25)28-30(19,20)21;11-7-4-8(15-10(12)14-7)16(2-13-4)9-6(19)5(18)3(1-17)20-9/h2-3,5-6,9,17-18H,1H2,(H,22,23)(H,24,25)(H2,19,20,21)(H4,11,12,14,15);2-3,5-6,9,17-19H,1H2,(H4,11,12,14,15)/t2*3-,5-,6-,9-/m11/s1. The summed E-state index contributed by atoms with van der Waals surface area (Å²) < 4.78 is 58.7. The molecule has 52 heavy (non-hydrogen) atoms. The number of phosphoric acid groups is 3. The van der Waals surface area contributed by atoms with E-state index in [1.807, 2.05) is 0 Å². The second kappa shape index (κ2) is 14.7. The number of aliphatic hydroxyl groups excluding tert-OH is 5. The van der Waals surface area contributed by atoms with E-state index >= 15 is 0 Å². The highest BCUT2D eigenvalue weighted by Gasteiger charge is 2.47. The molecule has 0 bridgehead atoms. The summed E-state index contributed by atoms with van der Waals surface area (Å²) in [6, 6.07) is 0. The van der Waals surface area contributed by atoms with Gasteiger partial charge in [0.1, 0.15) is 47.7 Å². The average Bonchev–Trinajstić information content (AvgIpc) is 3.76. The third-order valence-electron chi connectivity index (χ3n) is 7.15. The van der Waals surface area contributed by atoms with Gasteiger partial charge in [0.15, 0.2) is 35.4 Å². The van der Waals surface area contributed by atoms with Crippen molar-refractivity contribution in [2.24, 2.45) is 0 Å². The molecular formula is C20H31N12O17P3. The second-order valence-electron chi connectivity index (χ2n) is 10.7. The minimum absolute atomic E-state index is 0.0384. The second-order valence-corrected chi connectivity index (χ2v) is 15.2. The van der Waals surface area contributed by atoms with Crippen LogP contribution in [-0.2, 0) is 36.3 Å². The van der Waals surface area contributed by atoms with Gasteiger partial charge in [-0.25, -0.2) is 23.7 Å². The van der Waals surface area contributed by atoms with E-state index in [2.05, 4.69) is 43.0 Å². The van der Waals surface area contributed by atoms with Crippen LogP contribution in [0, 0.1) is 0 Å². The van der Waals surface area contributed by atoms with Crippen LogP contribution in [0.3, 0.4) is 0 Å². The van der Waals surface area contributed by atoms with Crippen molar-refractivity contribution in [2.45, 2.75) is 49.1 Å². The molecule has 0 amide bonds. The van der Waals surface area contributed by atoms with Gasteiger partial charge in [-0.15, -0.1) is 0 Å². The monoisotopic (exact) mass is 804 g/mol. The van der Waals surface area contributed by atoms with Crippen molar-refractivity contribution in [1.82, 2.24) is 39.0 Å². The number of nitrogen functional groups attached to an aromatic ring is 4. The molecule has 6 heterocycles. The van der Waals surface area contributed by atoms with E-state index in [0.717, 1.165) is 10.9 Å². The Kier molecular flexibility index (Phi) is 11.2. The van der Waals surface area contributed by atoms with Gasteiger partial charge >= 0.3 is 23.5 Å². The molecule has 29 nitrogen and oxygen atoms in total. The van der Waals surface area contributed by atoms with Crippen molar-refractivity contribution >= 4 is 69.3 Å². The summed E-state index contributed by atoms with van der Waals surface area (Å²) in [6.07, 6.45) is -7.95. The van der Waals surface area contributed by atoms with E-state index in [1.54, 1.807) is 0 Å². The highest BCUT2D eigenvalue weighted by atomic mass is 31.3. The van der Waals surface area contributed by atoms with Gasteiger partial charge in [-0.05, 0) is 0 Å². The summed E-state index contributed by atoms with van der Waals surface area (Å²) >= 11 is 0. The number of aromatic nitrogens is 8. The molecule has 0 aliphatic carbocycles. The Labute approximate surface area is 287 Å². The Morgan fingerprint density at radius 1 is 0.673 bits per heavy atom. The largest absolute Gasteiger partial charge is 0.490 e. The van der Waals surface area contributed by atoms with E-state index in [1.165, 1.54) is 10.9 Å². The van der Waals surface area contributed by atoms with Gasteiger partial charge in [-0.2, -0.15) is 28.6 Å². The minimum atomic E-state index is -5.72. The Balaban J connectivity index is 0.000000223. The number of rotatable bonds is 10. The van der Waals surface area contributed by atoms with Crippen LogP contribution < -0.4 is 22.9 Å². The maximum absolute atomic E-state index is 11.8. The first-order chi connectivity index (χ1) is 24.1. The lowest BCUT2D eigenvalue weighted by molar-refractivity contribution is -0.0511. The molecule has 2 aliphatic heterocycles. The van der Waals surface area contributed by atoms with Crippen LogP contribution in [0.2, 0.25) is 0 Å². The Morgan fingerprint density at radius 3 is 1.54 bits per heavy atom. The molecule has 6 rings (SSSR count). The first kappa shape index (κ1) is 39.6. The van der Waals surface area contributed by atoms with Crippen LogP contribution in [0.5, 0.6) is 0 Å². The highest BCUT2D eigenvalue weighted by Crippen LogP contribution is 2.66. The van der Waals surface area contributed by atoms with Crippen LogP contribution in [0.4, 0.5) is 23.5 Å². The molecule has 0 radical (unpaired) electrons. The van der Waals surface area contributed by atoms with Crippen molar-refractivity contribution in [3.63, 3.8) is 0 Å². The molecule has 2 aliphatic rings. The first-order valence-electron chi connectivity index (χ1n) is 14.0. The van der Waals surface area contributed by atoms with Gasteiger partial charge in [0, 0.05) is 0 Å². The maximum atomic E-state index is 11.8. The maximum Gasteiger partial charge on any atom is 0.490 e. The molecule has 0 saturated carbocycles. The molecule has 17 N–H and O–H groups in total. The predicted molar refractivity (Wildman–Crippen MR) is 167 cm³/mol. The zero-order chi connectivity index (χ0) is 38.5. The van der Waals surface area contributed by atoms with E-state index < -0.39 is 85.8 Å². The quantitative estimate of drug-likeness (QED) is 0.0672. The van der Waals surface area contributed by atoms with Crippen LogP contribution in [0.15, 0.2) is 12.7 Å². The SMILES string of the molecule is Nc1nc(N)c2ncn([C@@H]3O[C@H](CO)[C@@H](O)[C@H]3O)c2n1.Nc1nc(N)c2ncn([C@@H]3O[C@H](COP(=O)(O)OP(=O)(O)OP(=O)(O)O)[C@@H](O)[C@H]3O)c2n1. The van der Waals surface area contributed by atoms with Crippen molar-refractivity contribution in [3.8, 4) is 0 Å². The van der Waals surface area contributed by atoms with E-state index in [-0.39, 0.29) is 40.3 Å². The summed E-state index contributed by atoms with van der Waals surface area (Å²) in [6.45, 7) is -1.40. The Bertz CT molecular complexity index is 2080. The molecule has 0 spiro atoms. The number of hydrogen-bond donors (Lipinski definition) is 13. The third kappa shape index (κ3) is 8.46. The lowest BCUT2D eigenvalue weighted by Gasteiger charge is -2.19.